The number of benzene rings is 2. The molecule has 2 aromatic carbocycles. The molecule has 2 N–H and O–H groups in total. The third kappa shape index (κ3) is 2.80. The zero-order valence-corrected chi connectivity index (χ0v) is 12.4. The van der Waals surface area contributed by atoms with E-state index in [9.17, 15) is 4.39 Å². The number of nitrogens with zero attached hydrogens (tertiary/aromatic N) is 2. The van der Waals surface area contributed by atoms with Crippen LogP contribution in [0.25, 0.3) is 11.0 Å². The molecule has 3 rings (SSSR count). The van der Waals surface area contributed by atoms with Gasteiger partial charge in [0.2, 0.25) is 0 Å². The first-order chi connectivity index (χ1) is 10.7. The number of nitrogens with two attached hydrogens (primary N) is 1. The summed E-state index contributed by atoms with van der Waals surface area (Å²) >= 11 is 0. The second kappa shape index (κ2) is 6.15. The van der Waals surface area contributed by atoms with Crippen molar-refractivity contribution in [2.24, 2.45) is 5.73 Å². The van der Waals surface area contributed by atoms with E-state index in [1.807, 2.05) is 35.8 Å². The Balaban J connectivity index is 2.03. The van der Waals surface area contributed by atoms with E-state index in [2.05, 4.69) is 4.98 Å². The lowest BCUT2D eigenvalue weighted by atomic mass is 10.2. The van der Waals surface area contributed by atoms with Crippen molar-refractivity contribution in [3.63, 3.8) is 0 Å². The molecule has 0 saturated heterocycles. The largest absolute Gasteiger partial charge is 0.494 e. The van der Waals surface area contributed by atoms with Crippen molar-refractivity contribution in [3.8, 4) is 5.75 Å². The van der Waals surface area contributed by atoms with Crippen molar-refractivity contribution in [2.75, 3.05) is 6.61 Å². The monoisotopic (exact) mass is 299 g/mol. The second-order valence-electron chi connectivity index (χ2n) is 5.03. The Hall–Kier alpha value is -2.40. The summed E-state index contributed by atoms with van der Waals surface area (Å²) in [5.74, 6) is 1.32. The van der Waals surface area contributed by atoms with E-state index >= 15 is 0 Å². The Morgan fingerprint density at radius 1 is 1.23 bits per heavy atom. The fourth-order valence-electron chi connectivity index (χ4n) is 2.57. The molecule has 4 nitrogen and oxygen atoms in total. The highest BCUT2D eigenvalue weighted by molar-refractivity contribution is 5.78. The molecule has 0 spiro atoms. The topological polar surface area (TPSA) is 53.1 Å². The minimum absolute atomic E-state index is 0.241. The third-order valence-electron chi connectivity index (χ3n) is 3.52. The van der Waals surface area contributed by atoms with Crippen LogP contribution in [0.5, 0.6) is 5.75 Å². The van der Waals surface area contributed by atoms with Crippen LogP contribution in [-0.4, -0.2) is 16.2 Å². The van der Waals surface area contributed by atoms with Gasteiger partial charge in [0.15, 0.2) is 0 Å². The molecule has 1 heterocycles. The predicted molar refractivity (Wildman–Crippen MR) is 84.3 cm³/mol. The van der Waals surface area contributed by atoms with Crippen LogP contribution in [0.4, 0.5) is 4.39 Å². The van der Waals surface area contributed by atoms with Crippen LogP contribution < -0.4 is 10.5 Å². The van der Waals surface area contributed by atoms with Gasteiger partial charge >= 0.3 is 0 Å². The van der Waals surface area contributed by atoms with E-state index in [0.717, 1.165) is 28.2 Å². The number of hydrogen-bond donors (Lipinski definition) is 1. The van der Waals surface area contributed by atoms with Crippen LogP contribution in [-0.2, 0) is 13.1 Å². The molecule has 0 unspecified atom stereocenters. The average Bonchev–Trinajstić information content (AvgIpc) is 2.85. The maximum absolute atomic E-state index is 13.4. The molecule has 0 fully saturated rings. The standard InChI is InChI=1S/C17H18FN3O/c1-2-22-14-6-7-16-15(9-14)20-17(10-19)21(16)11-12-4-3-5-13(18)8-12/h3-9H,2,10-11,19H2,1H3. The van der Waals surface area contributed by atoms with Gasteiger partial charge in [0.05, 0.1) is 24.2 Å². The van der Waals surface area contributed by atoms with E-state index in [1.165, 1.54) is 12.1 Å². The van der Waals surface area contributed by atoms with Gasteiger partial charge in [0.25, 0.3) is 0 Å². The van der Waals surface area contributed by atoms with E-state index in [4.69, 9.17) is 10.5 Å². The molecule has 114 valence electrons. The Morgan fingerprint density at radius 3 is 2.82 bits per heavy atom. The van der Waals surface area contributed by atoms with Gasteiger partial charge in [0.1, 0.15) is 17.4 Å². The van der Waals surface area contributed by atoms with Crippen molar-refractivity contribution in [1.82, 2.24) is 9.55 Å². The second-order valence-corrected chi connectivity index (χ2v) is 5.03. The summed E-state index contributed by atoms with van der Waals surface area (Å²) in [6.07, 6.45) is 0. The maximum atomic E-state index is 13.4. The SMILES string of the molecule is CCOc1ccc2c(c1)nc(CN)n2Cc1cccc(F)c1. The summed E-state index contributed by atoms with van der Waals surface area (Å²) in [4.78, 5) is 4.56. The number of ether oxygens (including phenoxy) is 1. The highest BCUT2D eigenvalue weighted by Gasteiger charge is 2.11. The Labute approximate surface area is 128 Å². The normalized spacial score (nSPS) is 11.0. The number of rotatable bonds is 5. The van der Waals surface area contributed by atoms with E-state index in [0.29, 0.717) is 19.7 Å². The fourth-order valence-corrected chi connectivity index (χ4v) is 2.57. The number of aromatic nitrogens is 2. The highest BCUT2D eigenvalue weighted by atomic mass is 19.1. The minimum Gasteiger partial charge on any atom is -0.494 e. The molecule has 0 radical (unpaired) electrons. The molecule has 0 aliphatic rings. The molecule has 5 heteroatoms. The van der Waals surface area contributed by atoms with Gasteiger partial charge in [-0.25, -0.2) is 9.37 Å². The van der Waals surface area contributed by atoms with E-state index in [1.54, 1.807) is 6.07 Å². The van der Waals surface area contributed by atoms with Gasteiger partial charge in [-0.2, -0.15) is 0 Å². The van der Waals surface area contributed by atoms with Gasteiger partial charge in [-0.3, -0.25) is 0 Å². The smallest absolute Gasteiger partial charge is 0.123 e. The lowest BCUT2D eigenvalue weighted by molar-refractivity contribution is 0.340. The van der Waals surface area contributed by atoms with Crippen LogP contribution in [0.3, 0.4) is 0 Å². The van der Waals surface area contributed by atoms with Crippen LogP contribution in [0.1, 0.15) is 18.3 Å². The van der Waals surface area contributed by atoms with Crippen molar-refractivity contribution in [2.45, 2.75) is 20.0 Å². The van der Waals surface area contributed by atoms with Gasteiger partial charge in [0, 0.05) is 12.6 Å². The minimum atomic E-state index is -0.241. The molecule has 0 atom stereocenters. The Bertz CT molecular complexity index is 798. The molecule has 0 amide bonds. The quantitative estimate of drug-likeness (QED) is 0.787. The van der Waals surface area contributed by atoms with Crippen LogP contribution in [0.2, 0.25) is 0 Å². The van der Waals surface area contributed by atoms with Gasteiger partial charge in [-0.05, 0) is 36.8 Å². The average molecular weight is 299 g/mol. The summed E-state index contributed by atoms with van der Waals surface area (Å²) in [5, 5.41) is 0. The summed E-state index contributed by atoms with van der Waals surface area (Å²) in [6.45, 7) is 3.42. The first kappa shape index (κ1) is 14.5. The van der Waals surface area contributed by atoms with Gasteiger partial charge in [-0.1, -0.05) is 12.1 Å². The zero-order chi connectivity index (χ0) is 15.5. The lowest BCUT2D eigenvalue weighted by Crippen LogP contribution is -2.09. The highest BCUT2D eigenvalue weighted by Crippen LogP contribution is 2.23. The first-order valence-corrected chi connectivity index (χ1v) is 7.27. The number of halogens is 1. The first-order valence-electron chi connectivity index (χ1n) is 7.27. The fraction of sp³-hybridized carbons (Fsp3) is 0.235. The molecule has 0 saturated carbocycles. The molecular formula is C17H18FN3O. The molecule has 0 aliphatic carbocycles. The molecule has 22 heavy (non-hydrogen) atoms. The number of fused-ring (bicyclic) bond motifs is 1. The molecule has 0 bridgehead atoms. The molecule has 0 aliphatic heterocycles. The van der Waals surface area contributed by atoms with Crippen molar-refractivity contribution in [3.05, 3.63) is 59.7 Å². The predicted octanol–water partition coefficient (Wildman–Crippen LogP) is 3.08. The van der Waals surface area contributed by atoms with Crippen LogP contribution in [0.15, 0.2) is 42.5 Å². The van der Waals surface area contributed by atoms with Crippen molar-refractivity contribution < 1.29 is 9.13 Å². The summed E-state index contributed by atoms with van der Waals surface area (Å²) < 4.78 is 20.9. The third-order valence-corrected chi connectivity index (χ3v) is 3.52. The van der Waals surface area contributed by atoms with E-state index < -0.39 is 0 Å². The van der Waals surface area contributed by atoms with Gasteiger partial charge in [-0.15, -0.1) is 0 Å². The molecule has 1 aromatic heterocycles. The lowest BCUT2D eigenvalue weighted by Gasteiger charge is -2.09. The summed E-state index contributed by atoms with van der Waals surface area (Å²) in [7, 11) is 0. The van der Waals surface area contributed by atoms with Crippen molar-refractivity contribution >= 4 is 11.0 Å². The summed E-state index contributed by atoms with van der Waals surface area (Å²) in [6, 6.07) is 12.3. The van der Waals surface area contributed by atoms with Crippen molar-refractivity contribution in [1.29, 1.82) is 0 Å². The Kier molecular flexibility index (Phi) is 4.06. The van der Waals surface area contributed by atoms with E-state index in [-0.39, 0.29) is 5.82 Å². The molecular weight excluding hydrogens is 281 g/mol. The van der Waals surface area contributed by atoms with Gasteiger partial charge < -0.3 is 15.0 Å². The molecule has 3 aromatic rings. The Morgan fingerprint density at radius 2 is 2.09 bits per heavy atom. The van der Waals surface area contributed by atoms with Crippen LogP contribution >= 0.6 is 0 Å². The maximum Gasteiger partial charge on any atom is 0.123 e. The summed E-state index contributed by atoms with van der Waals surface area (Å²) in [5.41, 5.74) is 8.49. The number of imidazole rings is 1. The number of hydrogen-bond acceptors (Lipinski definition) is 3. The van der Waals surface area contributed by atoms with Crippen LogP contribution in [0, 0.1) is 5.82 Å². The zero-order valence-electron chi connectivity index (χ0n) is 12.4.